The fourth-order valence-electron chi connectivity index (χ4n) is 3.96. The largest absolute Gasteiger partial charge is 0.497 e. The number of hydrogen-bond acceptors (Lipinski definition) is 5. The maximum atomic E-state index is 12.5. The third-order valence-electron chi connectivity index (χ3n) is 5.43. The maximum Gasteiger partial charge on any atom is 0.263 e. The van der Waals surface area contributed by atoms with E-state index < -0.39 is 0 Å². The maximum absolute atomic E-state index is 12.5. The summed E-state index contributed by atoms with van der Waals surface area (Å²) in [7, 11) is 1.64. The van der Waals surface area contributed by atoms with Gasteiger partial charge in [-0.2, -0.15) is 0 Å². The summed E-state index contributed by atoms with van der Waals surface area (Å²) >= 11 is 6.48. The molecule has 0 aromatic heterocycles. The third-order valence-corrected chi connectivity index (χ3v) is 6.59. The molecule has 6 heteroatoms. The van der Waals surface area contributed by atoms with Crippen LogP contribution in [0.5, 0.6) is 11.5 Å². The number of carbonyl (C=O) groups is 1. The van der Waals surface area contributed by atoms with Crippen LogP contribution in [0, 0.1) is 0 Å². The van der Waals surface area contributed by atoms with E-state index in [0.29, 0.717) is 15.0 Å². The van der Waals surface area contributed by atoms with Crippen LogP contribution < -0.4 is 14.8 Å². The minimum absolute atomic E-state index is 0.103. The molecule has 1 atom stereocenters. The Morgan fingerprint density at radius 2 is 1.72 bits per heavy atom. The first-order valence-electron chi connectivity index (χ1n) is 10.1. The number of rotatable bonds is 4. The minimum atomic E-state index is -0.188. The summed E-state index contributed by atoms with van der Waals surface area (Å²) < 4.78 is 12.2. The van der Waals surface area contributed by atoms with Crippen molar-refractivity contribution in [2.24, 2.45) is 0 Å². The Morgan fingerprint density at radius 1 is 1.00 bits per heavy atom. The molecule has 5 rings (SSSR count). The Kier molecular flexibility index (Phi) is 5.55. The van der Waals surface area contributed by atoms with Crippen LogP contribution in [0.2, 0.25) is 0 Å². The number of benzene rings is 3. The average molecular weight is 458 g/mol. The SMILES string of the molecule is COc1ccc(C2=C(/C=C3\SC(=S)NC3=O)C(c3ccccc3)c3ccccc3O2)cc1. The number of para-hydroxylation sites is 1. The number of thioether (sulfide) groups is 1. The number of fused-ring (bicyclic) bond motifs is 1. The minimum Gasteiger partial charge on any atom is -0.497 e. The van der Waals surface area contributed by atoms with Crippen molar-refractivity contribution in [3.05, 3.63) is 112 Å². The Bertz CT molecular complexity index is 1260. The molecule has 32 heavy (non-hydrogen) atoms. The van der Waals surface area contributed by atoms with Gasteiger partial charge in [-0.1, -0.05) is 72.5 Å². The van der Waals surface area contributed by atoms with Gasteiger partial charge in [0.15, 0.2) is 0 Å². The summed E-state index contributed by atoms with van der Waals surface area (Å²) in [5.41, 5.74) is 3.97. The van der Waals surface area contributed by atoms with Crippen molar-refractivity contribution in [3.8, 4) is 11.5 Å². The van der Waals surface area contributed by atoms with Crippen LogP contribution in [0.1, 0.15) is 22.6 Å². The lowest BCUT2D eigenvalue weighted by Crippen LogP contribution is -2.19. The van der Waals surface area contributed by atoms with Crippen molar-refractivity contribution >= 4 is 40.0 Å². The molecule has 4 nitrogen and oxygen atoms in total. The van der Waals surface area contributed by atoms with Gasteiger partial charge in [0.1, 0.15) is 21.6 Å². The van der Waals surface area contributed by atoms with E-state index in [1.165, 1.54) is 11.8 Å². The second kappa shape index (κ2) is 8.65. The lowest BCUT2D eigenvalue weighted by molar-refractivity contribution is -0.115. The number of nitrogens with one attached hydrogen (secondary N) is 1. The normalized spacial score (nSPS) is 18.9. The van der Waals surface area contributed by atoms with Crippen molar-refractivity contribution in [3.63, 3.8) is 0 Å². The van der Waals surface area contributed by atoms with Crippen molar-refractivity contribution < 1.29 is 14.3 Å². The molecule has 1 fully saturated rings. The van der Waals surface area contributed by atoms with E-state index in [0.717, 1.165) is 33.8 Å². The molecule has 2 heterocycles. The Balaban J connectivity index is 1.76. The summed E-state index contributed by atoms with van der Waals surface area (Å²) in [5, 5.41) is 2.71. The first-order valence-corrected chi connectivity index (χ1v) is 11.3. The van der Waals surface area contributed by atoms with Gasteiger partial charge in [0.2, 0.25) is 0 Å². The van der Waals surface area contributed by atoms with Gasteiger partial charge in [0, 0.05) is 22.6 Å². The van der Waals surface area contributed by atoms with Crippen LogP contribution in [0.15, 0.2) is 95.4 Å². The molecule has 0 spiro atoms. The first-order chi connectivity index (χ1) is 15.6. The molecule has 0 saturated carbocycles. The van der Waals surface area contributed by atoms with E-state index in [1.807, 2.05) is 66.7 Å². The quantitative estimate of drug-likeness (QED) is 0.405. The highest BCUT2D eigenvalue weighted by Gasteiger charge is 2.32. The molecule has 2 aliphatic heterocycles. The molecule has 0 radical (unpaired) electrons. The predicted octanol–water partition coefficient (Wildman–Crippen LogP) is 5.66. The van der Waals surface area contributed by atoms with Gasteiger partial charge < -0.3 is 14.8 Å². The Labute approximate surface area is 195 Å². The van der Waals surface area contributed by atoms with Gasteiger partial charge >= 0.3 is 0 Å². The van der Waals surface area contributed by atoms with Crippen LogP contribution in [-0.2, 0) is 4.79 Å². The highest BCUT2D eigenvalue weighted by Crippen LogP contribution is 2.47. The summed E-state index contributed by atoms with van der Waals surface area (Å²) in [5.74, 6) is 1.98. The third kappa shape index (κ3) is 3.83. The first kappa shape index (κ1) is 20.5. The van der Waals surface area contributed by atoms with E-state index in [2.05, 4.69) is 23.5 Å². The average Bonchev–Trinajstić information content (AvgIpc) is 3.15. The lowest BCUT2D eigenvalue weighted by Gasteiger charge is -2.30. The summed E-state index contributed by atoms with van der Waals surface area (Å²) in [6, 6.07) is 26.0. The number of ether oxygens (including phenoxy) is 2. The number of thiocarbonyl (C=S) groups is 1. The van der Waals surface area contributed by atoms with Crippen LogP contribution in [0.3, 0.4) is 0 Å². The van der Waals surface area contributed by atoms with Crippen LogP contribution >= 0.6 is 24.0 Å². The molecule has 0 aliphatic carbocycles. The van der Waals surface area contributed by atoms with Gasteiger partial charge in [0.25, 0.3) is 5.91 Å². The highest BCUT2D eigenvalue weighted by molar-refractivity contribution is 8.26. The molecule has 3 aromatic rings. The molecule has 158 valence electrons. The molecule has 3 aromatic carbocycles. The second-order valence-electron chi connectivity index (χ2n) is 7.35. The van der Waals surface area contributed by atoms with Gasteiger partial charge in [-0.25, -0.2) is 0 Å². The highest BCUT2D eigenvalue weighted by atomic mass is 32.2. The van der Waals surface area contributed by atoms with E-state index >= 15 is 0 Å². The molecular weight excluding hydrogens is 438 g/mol. The van der Waals surface area contributed by atoms with Crippen molar-refractivity contribution in [2.45, 2.75) is 5.92 Å². The fraction of sp³-hybridized carbons (Fsp3) is 0.0769. The lowest BCUT2D eigenvalue weighted by atomic mass is 9.81. The molecule has 2 aliphatic rings. The number of amides is 1. The zero-order valence-electron chi connectivity index (χ0n) is 17.2. The Morgan fingerprint density at radius 3 is 2.41 bits per heavy atom. The molecular formula is C26H19NO3S2. The van der Waals surface area contributed by atoms with Crippen molar-refractivity contribution in [1.82, 2.24) is 5.32 Å². The zero-order valence-corrected chi connectivity index (χ0v) is 18.8. The monoisotopic (exact) mass is 457 g/mol. The standard InChI is InChI=1S/C26H19NO3S2/c1-29-18-13-11-17(12-14-18)24-20(15-22-25(28)27-26(31)32-22)23(16-7-3-2-4-8-16)19-9-5-6-10-21(19)30-24/h2-15,23H,1H3,(H,27,28,31)/b22-15-. The topological polar surface area (TPSA) is 47.6 Å². The molecule has 1 saturated heterocycles. The van der Waals surface area contributed by atoms with Gasteiger partial charge in [0.05, 0.1) is 12.0 Å². The zero-order chi connectivity index (χ0) is 22.1. The predicted molar refractivity (Wildman–Crippen MR) is 132 cm³/mol. The van der Waals surface area contributed by atoms with E-state index in [9.17, 15) is 4.79 Å². The van der Waals surface area contributed by atoms with E-state index in [4.69, 9.17) is 21.7 Å². The van der Waals surface area contributed by atoms with Crippen LogP contribution in [0.4, 0.5) is 0 Å². The van der Waals surface area contributed by atoms with Gasteiger partial charge in [-0.15, -0.1) is 0 Å². The van der Waals surface area contributed by atoms with Crippen molar-refractivity contribution in [2.75, 3.05) is 7.11 Å². The summed E-state index contributed by atoms with van der Waals surface area (Å²) in [6.45, 7) is 0. The molecule has 1 unspecified atom stereocenters. The number of methoxy groups -OCH3 is 1. The van der Waals surface area contributed by atoms with Crippen molar-refractivity contribution in [1.29, 1.82) is 0 Å². The van der Waals surface area contributed by atoms with Gasteiger partial charge in [-0.3, -0.25) is 4.79 Å². The fourth-order valence-corrected chi connectivity index (χ4v) is 5.00. The van der Waals surface area contributed by atoms with E-state index in [-0.39, 0.29) is 11.8 Å². The molecule has 0 bridgehead atoms. The molecule has 1 N–H and O–H groups in total. The van der Waals surface area contributed by atoms with Crippen LogP contribution in [-0.4, -0.2) is 17.3 Å². The summed E-state index contributed by atoms with van der Waals surface area (Å²) in [4.78, 5) is 13.1. The number of allylic oxidation sites excluding steroid dienone is 2. The van der Waals surface area contributed by atoms with Crippen LogP contribution in [0.25, 0.3) is 5.76 Å². The number of hydrogen-bond donors (Lipinski definition) is 1. The second-order valence-corrected chi connectivity index (χ2v) is 9.07. The molecule has 1 amide bonds. The smallest absolute Gasteiger partial charge is 0.263 e. The number of carbonyl (C=O) groups excluding carboxylic acids is 1. The van der Waals surface area contributed by atoms with E-state index in [1.54, 1.807) is 7.11 Å². The van der Waals surface area contributed by atoms with Gasteiger partial charge in [-0.05, 0) is 42.0 Å². The summed E-state index contributed by atoms with van der Waals surface area (Å²) in [6.07, 6.45) is 1.91. The Hall–Kier alpha value is -3.35.